The molecule has 1 unspecified atom stereocenters. The fourth-order valence-electron chi connectivity index (χ4n) is 1.99. The Morgan fingerprint density at radius 1 is 1.39 bits per heavy atom. The first-order valence-electron chi connectivity index (χ1n) is 7.35. The first-order valence-corrected chi connectivity index (χ1v) is 9.84. The fraction of sp³-hybridized carbons (Fsp3) is 0.400. The van der Waals surface area contributed by atoms with Crippen molar-refractivity contribution in [3.05, 3.63) is 28.7 Å². The quantitative estimate of drug-likeness (QED) is 0.680. The summed E-state index contributed by atoms with van der Waals surface area (Å²) in [6, 6.07) is 7.85. The highest BCUT2D eigenvalue weighted by Gasteiger charge is 2.21. The molecule has 1 aromatic carbocycles. The number of hydrogen-bond acceptors (Lipinski definition) is 6. The zero-order valence-electron chi connectivity index (χ0n) is 13.2. The molecule has 0 fully saturated rings. The minimum Gasteiger partial charge on any atom is -0.342 e. The van der Waals surface area contributed by atoms with E-state index in [0.29, 0.717) is 5.13 Å². The molecule has 23 heavy (non-hydrogen) atoms. The van der Waals surface area contributed by atoms with Crippen LogP contribution in [-0.2, 0) is 4.79 Å². The van der Waals surface area contributed by atoms with Gasteiger partial charge in [0.25, 0.3) is 0 Å². The third-order valence-corrected chi connectivity index (χ3v) is 5.69. The number of thioether (sulfide) groups is 1. The Labute approximate surface area is 153 Å². The molecule has 5 nitrogen and oxygen atoms in total. The molecule has 0 saturated carbocycles. The van der Waals surface area contributed by atoms with Crippen LogP contribution in [0.3, 0.4) is 0 Å². The summed E-state index contributed by atoms with van der Waals surface area (Å²) in [5.41, 5.74) is 0.944. The molecule has 2 aromatic rings. The monoisotopic (exact) mass is 414 g/mol. The van der Waals surface area contributed by atoms with E-state index >= 15 is 0 Å². The van der Waals surface area contributed by atoms with Gasteiger partial charge in [0.2, 0.25) is 11.0 Å². The Bertz CT molecular complexity index is 660. The van der Waals surface area contributed by atoms with Gasteiger partial charge in [0.1, 0.15) is 0 Å². The molecule has 1 heterocycles. The summed E-state index contributed by atoms with van der Waals surface area (Å²) in [6.07, 6.45) is 0. The number of amides is 1. The Hall–Kier alpha value is -1.12. The van der Waals surface area contributed by atoms with Crippen LogP contribution in [0.2, 0.25) is 0 Å². The molecule has 8 heteroatoms. The van der Waals surface area contributed by atoms with Crippen molar-refractivity contribution in [2.75, 3.05) is 18.4 Å². The van der Waals surface area contributed by atoms with E-state index in [9.17, 15) is 4.79 Å². The van der Waals surface area contributed by atoms with E-state index in [4.69, 9.17) is 0 Å². The first kappa shape index (κ1) is 18.2. The standard InChI is InChI=1S/C15H19BrN4OS2/c1-4-20(5-2)13(21)10(3)22-15-19-18-14(23-15)17-12-8-6-7-11(16)9-12/h6-10H,4-5H2,1-3H3,(H,17,18). The van der Waals surface area contributed by atoms with Crippen molar-refractivity contribution in [1.82, 2.24) is 15.1 Å². The van der Waals surface area contributed by atoms with Crippen LogP contribution in [0.25, 0.3) is 0 Å². The van der Waals surface area contributed by atoms with E-state index < -0.39 is 0 Å². The van der Waals surface area contributed by atoms with Crippen molar-refractivity contribution < 1.29 is 4.79 Å². The van der Waals surface area contributed by atoms with Crippen LogP contribution >= 0.6 is 39.0 Å². The van der Waals surface area contributed by atoms with Gasteiger partial charge in [-0.2, -0.15) is 0 Å². The number of nitrogens with zero attached hydrogens (tertiary/aromatic N) is 3. The van der Waals surface area contributed by atoms with E-state index in [1.165, 1.54) is 23.1 Å². The Kier molecular flexibility index (Phi) is 6.86. The molecule has 1 N–H and O–H groups in total. The predicted octanol–water partition coefficient (Wildman–Crippen LogP) is 4.39. The maximum absolute atomic E-state index is 12.3. The number of halogens is 1. The third-order valence-electron chi connectivity index (χ3n) is 3.18. The predicted molar refractivity (Wildman–Crippen MR) is 101 cm³/mol. The van der Waals surface area contributed by atoms with E-state index in [2.05, 4.69) is 31.4 Å². The number of nitrogens with one attached hydrogen (secondary N) is 1. The zero-order valence-corrected chi connectivity index (χ0v) is 16.5. The molecule has 1 aromatic heterocycles. The van der Waals surface area contributed by atoms with Gasteiger partial charge in [-0.15, -0.1) is 10.2 Å². The number of hydrogen-bond donors (Lipinski definition) is 1. The van der Waals surface area contributed by atoms with Crippen LogP contribution in [0.15, 0.2) is 33.1 Å². The van der Waals surface area contributed by atoms with Crippen LogP contribution in [0.1, 0.15) is 20.8 Å². The highest BCUT2D eigenvalue weighted by molar-refractivity contribution is 9.10. The van der Waals surface area contributed by atoms with E-state index in [1.807, 2.05) is 49.9 Å². The second kappa shape index (κ2) is 8.65. The highest BCUT2D eigenvalue weighted by Crippen LogP contribution is 2.31. The summed E-state index contributed by atoms with van der Waals surface area (Å²) in [5.74, 6) is 0.136. The van der Waals surface area contributed by atoms with Gasteiger partial charge in [0.05, 0.1) is 5.25 Å². The summed E-state index contributed by atoms with van der Waals surface area (Å²) in [6.45, 7) is 7.35. The van der Waals surface area contributed by atoms with Crippen LogP contribution in [0.4, 0.5) is 10.8 Å². The van der Waals surface area contributed by atoms with Gasteiger partial charge in [-0.05, 0) is 39.0 Å². The van der Waals surface area contributed by atoms with Crippen LogP contribution in [0, 0.1) is 0 Å². The number of aromatic nitrogens is 2. The SMILES string of the molecule is CCN(CC)C(=O)C(C)Sc1nnc(Nc2cccc(Br)c2)s1. The average molecular weight is 415 g/mol. The number of rotatable bonds is 7. The molecule has 0 spiro atoms. The second-order valence-corrected chi connectivity index (χ2v) is 8.26. The van der Waals surface area contributed by atoms with E-state index in [0.717, 1.165) is 27.6 Å². The average Bonchev–Trinajstić information content (AvgIpc) is 2.95. The van der Waals surface area contributed by atoms with Gasteiger partial charge >= 0.3 is 0 Å². The van der Waals surface area contributed by atoms with E-state index in [-0.39, 0.29) is 11.2 Å². The fourth-order valence-corrected chi connectivity index (χ4v) is 4.39. The van der Waals surface area contributed by atoms with Crippen molar-refractivity contribution in [2.45, 2.75) is 30.4 Å². The maximum Gasteiger partial charge on any atom is 0.235 e. The molecule has 0 bridgehead atoms. The van der Waals surface area contributed by atoms with Crippen molar-refractivity contribution in [3.8, 4) is 0 Å². The molecule has 1 atom stereocenters. The van der Waals surface area contributed by atoms with Gasteiger partial charge < -0.3 is 10.2 Å². The normalized spacial score (nSPS) is 12.0. The summed E-state index contributed by atoms with van der Waals surface area (Å²) < 4.78 is 1.79. The molecule has 0 radical (unpaired) electrons. The molecule has 1 amide bonds. The van der Waals surface area contributed by atoms with Crippen molar-refractivity contribution in [3.63, 3.8) is 0 Å². The number of carbonyl (C=O) groups is 1. The molecule has 124 valence electrons. The maximum atomic E-state index is 12.3. The summed E-state index contributed by atoms with van der Waals surface area (Å²) >= 11 is 6.34. The van der Waals surface area contributed by atoms with Crippen LogP contribution in [0.5, 0.6) is 0 Å². The first-order chi connectivity index (χ1) is 11.0. The highest BCUT2D eigenvalue weighted by atomic mass is 79.9. The summed E-state index contributed by atoms with van der Waals surface area (Å²) in [7, 11) is 0. The lowest BCUT2D eigenvalue weighted by molar-refractivity contribution is -0.129. The van der Waals surface area contributed by atoms with Gasteiger partial charge in [-0.3, -0.25) is 4.79 Å². The smallest absolute Gasteiger partial charge is 0.235 e. The van der Waals surface area contributed by atoms with Gasteiger partial charge in [-0.25, -0.2) is 0 Å². The van der Waals surface area contributed by atoms with Crippen molar-refractivity contribution in [1.29, 1.82) is 0 Å². The molecule has 0 aliphatic carbocycles. The lowest BCUT2D eigenvalue weighted by atomic mass is 10.3. The lowest BCUT2D eigenvalue weighted by Crippen LogP contribution is -2.36. The Morgan fingerprint density at radius 3 is 2.78 bits per heavy atom. The minimum atomic E-state index is -0.165. The number of benzene rings is 1. The summed E-state index contributed by atoms with van der Waals surface area (Å²) in [4.78, 5) is 14.1. The van der Waals surface area contributed by atoms with Crippen molar-refractivity contribution >= 4 is 55.8 Å². The van der Waals surface area contributed by atoms with Crippen LogP contribution < -0.4 is 5.32 Å². The largest absolute Gasteiger partial charge is 0.342 e. The zero-order chi connectivity index (χ0) is 16.8. The van der Waals surface area contributed by atoms with Gasteiger partial charge in [0.15, 0.2) is 4.34 Å². The van der Waals surface area contributed by atoms with Crippen LogP contribution in [-0.4, -0.2) is 39.3 Å². The molecular formula is C15H19BrN4OS2. The Balaban J connectivity index is 1.98. The third kappa shape index (κ3) is 5.19. The van der Waals surface area contributed by atoms with E-state index in [1.54, 1.807) is 0 Å². The molecule has 0 aliphatic rings. The molecule has 2 rings (SSSR count). The Morgan fingerprint density at radius 2 is 2.13 bits per heavy atom. The minimum absolute atomic E-state index is 0.136. The second-order valence-electron chi connectivity index (χ2n) is 4.78. The van der Waals surface area contributed by atoms with Gasteiger partial charge in [0, 0.05) is 23.2 Å². The number of anilines is 2. The topological polar surface area (TPSA) is 58.1 Å². The number of carbonyl (C=O) groups excluding carboxylic acids is 1. The molecule has 0 saturated heterocycles. The molecule has 0 aliphatic heterocycles. The van der Waals surface area contributed by atoms with Gasteiger partial charge in [-0.1, -0.05) is 45.1 Å². The van der Waals surface area contributed by atoms with Crippen molar-refractivity contribution in [2.24, 2.45) is 0 Å². The lowest BCUT2D eigenvalue weighted by Gasteiger charge is -2.21. The summed E-state index contributed by atoms with van der Waals surface area (Å²) in [5, 5.41) is 12.1. The molecular weight excluding hydrogens is 396 g/mol.